The Labute approximate surface area is 294 Å². The summed E-state index contributed by atoms with van der Waals surface area (Å²) in [6.07, 6.45) is 2.72. The minimum Gasteiger partial charge on any atom is -0.467 e. The molecule has 1 saturated heterocycles. The number of likely N-dealkylation sites (N-methyl/N-ethyl adjacent to an activating group) is 1. The maximum Gasteiger partial charge on any atom is 0.408 e. The number of nitrogens with zero attached hydrogens (tertiary/aromatic N) is 4. The Morgan fingerprint density at radius 3 is 2.55 bits per heavy atom. The molecule has 1 unspecified atom stereocenters. The van der Waals surface area contributed by atoms with E-state index in [1.807, 2.05) is 5.38 Å². The summed E-state index contributed by atoms with van der Waals surface area (Å²) >= 11 is 1.44. The lowest BCUT2D eigenvalue weighted by atomic mass is 9.83. The molecule has 0 radical (unpaired) electrons. The highest BCUT2D eigenvalue weighted by atomic mass is 32.1. The van der Waals surface area contributed by atoms with Crippen LogP contribution in [0.15, 0.2) is 35.4 Å². The third kappa shape index (κ3) is 8.83. The first-order valence-electron chi connectivity index (χ1n) is 17.3. The highest BCUT2D eigenvalue weighted by molar-refractivity contribution is 7.10. The number of rotatable bonds is 11. The summed E-state index contributed by atoms with van der Waals surface area (Å²) in [5, 5.41) is 20.6. The fourth-order valence-electron chi connectivity index (χ4n) is 6.78. The van der Waals surface area contributed by atoms with E-state index < -0.39 is 23.7 Å². The molecule has 2 aliphatic heterocycles. The van der Waals surface area contributed by atoms with Crippen LogP contribution in [0, 0.1) is 5.41 Å². The number of hydrogen-bond acceptors (Lipinski definition) is 10. The minimum absolute atomic E-state index is 0.0877. The van der Waals surface area contributed by atoms with Gasteiger partial charge in [-0.1, -0.05) is 26.0 Å². The number of alkyl carbamates (subject to hydrolysis) is 1. The van der Waals surface area contributed by atoms with Crippen LogP contribution in [0.2, 0.25) is 0 Å². The topological polar surface area (TPSA) is 121 Å². The number of carbonyl (C=O) groups excluding carboxylic acids is 2. The average Bonchev–Trinajstić information content (AvgIpc) is 3.65. The van der Waals surface area contributed by atoms with Crippen molar-refractivity contribution >= 4 is 34.3 Å². The number of nitrogens with one attached hydrogen (secondary N) is 2. The van der Waals surface area contributed by atoms with E-state index in [1.54, 1.807) is 20.8 Å². The molecule has 0 bridgehead atoms. The van der Waals surface area contributed by atoms with Gasteiger partial charge in [0.25, 0.3) is 0 Å². The van der Waals surface area contributed by atoms with Crippen molar-refractivity contribution in [2.24, 2.45) is 5.41 Å². The highest BCUT2D eigenvalue weighted by Crippen LogP contribution is 2.39. The quantitative estimate of drug-likeness (QED) is 0.244. The molecule has 0 spiro atoms. The van der Waals surface area contributed by atoms with Gasteiger partial charge in [-0.25, -0.2) is 14.6 Å². The Hall–Kier alpha value is -3.45. The molecule has 0 aliphatic carbocycles. The number of benzene rings is 1. The number of aromatic nitrogens is 2. The van der Waals surface area contributed by atoms with Crippen LogP contribution >= 0.6 is 11.3 Å². The van der Waals surface area contributed by atoms with E-state index in [9.17, 15) is 14.7 Å². The molecular weight excluding hydrogens is 641 g/mol. The number of ether oxygens (including phenoxy) is 2. The smallest absolute Gasteiger partial charge is 0.408 e. The maximum absolute atomic E-state index is 12.6. The third-order valence-electron chi connectivity index (χ3n) is 9.34. The Morgan fingerprint density at radius 2 is 1.90 bits per heavy atom. The molecule has 11 nitrogen and oxygen atoms in total. The first kappa shape index (κ1) is 36.8. The van der Waals surface area contributed by atoms with Crippen LogP contribution in [0.3, 0.4) is 0 Å². The van der Waals surface area contributed by atoms with E-state index in [-0.39, 0.29) is 24.4 Å². The monoisotopic (exact) mass is 694 g/mol. The van der Waals surface area contributed by atoms with Gasteiger partial charge in [0.15, 0.2) is 0 Å². The van der Waals surface area contributed by atoms with Crippen LogP contribution in [0.25, 0.3) is 22.2 Å². The molecule has 5 rings (SSSR count). The zero-order valence-corrected chi connectivity index (χ0v) is 31.2. The predicted octanol–water partition coefficient (Wildman–Crippen LogP) is 4.77. The van der Waals surface area contributed by atoms with Crippen LogP contribution in [0.1, 0.15) is 63.7 Å². The van der Waals surface area contributed by atoms with Gasteiger partial charge in [0.1, 0.15) is 11.6 Å². The normalized spacial score (nSPS) is 18.3. The number of aliphatic hydroxyl groups is 1. The van der Waals surface area contributed by atoms with Crippen LogP contribution in [0.5, 0.6) is 0 Å². The molecular formula is C37H54N6O5S. The summed E-state index contributed by atoms with van der Waals surface area (Å²) < 4.78 is 12.8. The number of amides is 1. The molecule has 1 fully saturated rings. The van der Waals surface area contributed by atoms with Gasteiger partial charge in [0.05, 0.1) is 17.8 Å². The summed E-state index contributed by atoms with van der Waals surface area (Å²) in [5.41, 5.74) is 5.89. The SMILES string of the molecule is CCn1c(C2C=C(N3CCN(C)CC3)CNC2)c(CC(C)(C)CO)c2cc(-c3csc(C[C@H](NC(=O)OC(C)(C)C)C(=O)OC)n3)ccc21. The van der Waals surface area contributed by atoms with E-state index in [2.05, 4.69) is 77.1 Å². The molecule has 1 aromatic carbocycles. The van der Waals surface area contributed by atoms with Crippen molar-refractivity contribution in [2.75, 3.05) is 60.0 Å². The van der Waals surface area contributed by atoms with Gasteiger partial charge >= 0.3 is 12.1 Å². The number of aryl methyl sites for hydroxylation is 1. The van der Waals surface area contributed by atoms with Gasteiger partial charge in [-0.3, -0.25) is 0 Å². The van der Waals surface area contributed by atoms with Gasteiger partial charge in [-0.15, -0.1) is 11.3 Å². The molecule has 3 N–H and O–H groups in total. The van der Waals surface area contributed by atoms with Gasteiger partial charge in [0.2, 0.25) is 0 Å². The lowest BCUT2D eigenvalue weighted by Crippen LogP contribution is -2.46. The van der Waals surface area contributed by atoms with E-state index in [0.29, 0.717) is 5.01 Å². The molecule has 4 heterocycles. The number of methoxy groups -OCH3 is 1. The van der Waals surface area contributed by atoms with Crippen molar-refractivity contribution in [2.45, 2.75) is 78.5 Å². The lowest BCUT2D eigenvalue weighted by molar-refractivity contribution is -0.143. The van der Waals surface area contributed by atoms with Crippen molar-refractivity contribution in [1.29, 1.82) is 0 Å². The highest BCUT2D eigenvalue weighted by Gasteiger charge is 2.31. The van der Waals surface area contributed by atoms with E-state index in [1.165, 1.54) is 46.3 Å². The number of esters is 1. The zero-order valence-electron chi connectivity index (χ0n) is 30.4. The molecule has 2 aromatic heterocycles. The standard InChI is InChI=1S/C37H54N6O5S/c1-9-43-31-11-10-24(30-22-49-32(39-30)18-29(34(45)47-8)40-35(46)48-36(2,3)4)17-27(31)28(19-37(5,6)23-44)33(43)25-16-26(21-38-20-25)42-14-12-41(7)13-15-42/h10-11,16-17,22,25,29,38,44H,9,12-15,18-21,23H2,1-8H3,(H,40,46)/t25?,29-/m0/s1. The molecule has 2 atom stereocenters. The Bertz CT molecular complexity index is 1660. The zero-order chi connectivity index (χ0) is 35.5. The summed E-state index contributed by atoms with van der Waals surface area (Å²) in [6, 6.07) is 5.60. The van der Waals surface area contributed by atoms with Crippen molar-refractivity contribution in [3.63, 3.8) is 0 Å². The third-order valence-corrected chi connectivity index (χ3v) is 10.2. The number of carbonyl (C=O) groups is 2. The first-order valence-corrected chi connectivity index (χ1v) is 18.2. The number of fused-ring (bicyclic) bond motifs is 1. The summed E-state index contributed by atoms with van der Waals surface area (Å²) in [7, 11) is 3.49. The minimum atomic E-state index is -0.928. The van der Waals surface area contributed by atoms with Gasteiger partial charge < -0.3 is 39.6 Å². The summed E-state index contributed by atoms with van der Waals surface area (Å²) in [6.45, 7) is 18.6. The second-order valence-electron chi connectivity index (χ2n) is 15.1. The lowest BCUT2D eigenvalue weighted by Gasteiger charge is -2.38. The molecule has 12 heteroatoms. The summed E-state index contributed by atoms with van der Waals surface area (Å²) in [5.74, 6) is -0.363. The molecule has 1 amide bonds. The second kappa shape index (κ2) is 15.2. The van der Waals surface area contributed by atoms with Crippen LogP contribution in [0.4, 0.5) is 4.79 Å². The summed E-state index contributed by atoms with van der Waals surface area (Å²) in [4.78, 5) is 34.9. The van der Waals surface area contributed by atoms with Crippen molar-refractivity contribution in [1.82, 2.24) is 30.0 Å². The van der Waals surface area contributed by atoms with E-state index >= 15 is 0 Å². The van der Waals surface area contributed by atoms with Gasteiger partial charge in [-0.2, -0.15) is 0 Å². The first-order chi connectivity index (χ1) is 23.2. The van der Waals surface area contributed by atoms with E-state index in [4.69, 9.17) is 14.5 Å². The van der Waals surface area contributed by atoms with Crippen LogP contribution < -0.4 is 10.6 Å². The van der Waals surface area contributed by atoms with Gasteiger partial charge in [-0.05, 0) is 64.3 Å². The predicted molar refractivity (Wildman–Crippen MR) is 195 cm³/mol. The van der Waals surface area contributed by atoms with Crippen LogP contribution in [-0.2, 0) is 33.7 Å². The van der Waals surface area contributed by atoms with Crippen molar-refractivity contribution in [3.8, 4) is 11.3 Å². The fourth-order valence-corrected chi connectivity index (χ4v) is 7.63. The number of hydrogen-bond donors (Lipinski definition) is 3. The van der Waals surface area contributed by atoms with Crippen molar-refractivity contribution < 1.29 is 24.2 Å². The number of aliphatic hydroxyl groups excluding tert-OH is 1. The number of piperazine rings is 1. The Balaban J connectivity index is 1.50. The number of thiazole rings is 1. The maximum atomic E-state index is 12.6. The van der Waals surface area contributed by atoms with Gasteiger partial charge in [0, 0.05) is 98.0 Å². The average molecular weight is 695 g/mol. The largest absolute Gasteiger partial charge is 0.467 e. The van der Waals surface area contributed by atoms with Crippen LogP contribution in [-0.4, -0.2) is 108 Å². The Morgan fingerprint density at radius 1 is 1.16 bits per heavy atom. The Kier molecular flexibility index (Phi) is 11.4. The van der Waals surface area contributed by atoms with E-state index in [0.717, 1.165) is 63.5 Å². The molecule has 0 saturated carbocycles. The molecule has 268 valence electrons. The second-order valence-corrected chi connectivity index (χ2v) is 16.0. The molecule has 2 aliphatic rings. The molecule has 49 heavy (non-hydrogen) atoms. The van der Waals surface area contributed by atoms with Crippen molar-refractivity contribution in [3.05, 3.63) is 51.6 Å². The fraction of sp³-hybridized carbons (Fsp3) is 0.595. The molecule has 3 aromatic rings.